The first-order chi connectivity index (χ1) is 11.7. The molecule has 25 heavy (non-hydrogen) atoms. The molecule has 5 nitrogen and oxygen atoms in total. The van der Waals surface area contributed by atoms with Gasteiger partial charge in [0.1, 0.15) is 11.4 Å². The number of hydrogen-bond acceptors (Lipinski definition) is 4. The number of nitrogens with two attached hydrogens (primary N) is 1. The lowest BCUT2D eigenvalue weighted by atomic mass is 9.77. The van der Waals surface area contributed by atoms with Gasteiger partial charge in [-0.15, -0.1) is 0 Å². The zero-order valence-electron chi connectivity index (χ0n) is 15.3. The Labute approximate surface area is 148 Å². The second kappa shape index (κ2) is 6.39. The Morgan fingerprint density at radius 2 is 1.84 bits per heavy atom. The summed E-state index contributed by atoms with van der Waals surface area (Å²) in [5, 5.41) is 0. The molecule has 0 unspecified atom stereocenters. The molecule has 1 amide bonds. The van der Waals surface area contributed by atoms with Crippen LogP contribution in [-0.4, -0.2) is 42.8 Å². The van der Waals surface area contributed by atoms with Gasteiger partial charge in [0.15, 0.2) is 0 Å². The second-order valence-electron chi connectivity index (χ2n) is 8.35. The van der Waals surface area contributed by atoms with Gasteiger partial charge in [0.2, 0.25) is 0 Å². The molecule has 2 aliphatic rings. The van der Waals surface area contributed by atoms with E-state index in [0.717, 1.165) is 45.4 Å². The van der Waals surface area contributed by atoms with Gasteiger partial charge in [-0.25, -0.2) is 9.18 Å². The largest absolute Gasteiger partial charge is 0.444 e. The number of amides is 1. The van der Waals surface area contributed by atoms with Crippen LogP contribution in [0.4, 0.5) is 20.6 Å². The van der Waals surface area contributed by atoms with Crippen LogP contribution < -0.4 is 10.6 Å². The number of rotatable bonds is 1. The number of benzene rings is 1. The molecule has 0 bridgehead atoms. The number of carbonyl (C=O) groups excluding carboxylic acids is 1. The lowest BCUT2D eigenvalue weighted by Crippen LogP contribution is -2.43. The summed E-state index contributed by atoms with van der Waals surface area (Å²) in [7, 11) is 0. The molecule has 0 aliphatic carbocycles. The van der Waals surface area contributed by atoms with Crippen LogP contribution in [0.1, 0.15) is 40.0 Å². The molecule has 2 aliphatic heterocycles. The third-order valence-corrected chi connectivity index (χ3v) is 5.23. The lowest BCUT2D eigenvalue weighted by Gasteiger charge is -2.40. The molecule has 3 rings (SSSR count). The summed E-state index contributed by atoms with van der Waals surface area (Å²) in [6.45, 7) is 8.72. The molecule has 0 saturated carbocycles. The molecule has 0 radical (unpaired) electrons. The van der Waals surface area contributed by atoms with Crippen molar-refractivity contribution in [3.05, 3.63) is 24.0 Å². The highest BCUT2D eigenvalue weighted by Gasteiger charge is 2.43. The summed E-state index contributed by atoms with van der Waals surface area (Å²) in [6.07, 6.45) is 2.67. The first kappa shape index (κ1) is 17.8. The van der Waals surface area contributed by atoms with E-state index >= 15 is 0 Å². The smallest absolute Gasteiger partial charge is 0.410 e. The Morgan fingerprint density at radius 1 is 1.20 bits per heavy atom. The minimum absolute atomic E-state index is 0.137. The summed E-state index contributed by atoms with van der Waals surface area (Å²) >= 11 is 0. The second-order valence-corrected chi connectivity index (χ2v) is 8.35. The molecular formula is C19H28FN3O2. The van der Waals surface area contributed by atoms with Crippen LogP contribution in [0.3, 0.4) is 0 Å². The topological polar surface area (TPSA) is 58.8 Å². The van der Waals surface area contributed by atoms with Crippen LogP contribution in [0.25, 0.3) is 0 Å². The normalized spacial score (nSPS) is 20.2. The maximum Gasteiger partial charge on any atom is 0.410 e. The average Bonchev–Trinajstić information content (AvgIpc) is 2.91. The van der Waals surface area contributed by atoms with Crippen molar-refractivity contribution in [2.24, 2.45) is 5.41 Å². The average molecular weight is 349 g/mol. The van der Waals surface area contributed by atoms with Crippen LogP contribution in [0.5, 0.6) is 0 Å². The van der Waals surface area contributed by atoms with Crippen molar-refractivity contribution < 1.29 is 13.9 Å². The van der Waals surface area contributed by atoms with Crippen molar-refractivity contribution in [2.45, 2.75) is 45.6 Å². The summed E-state index contributed by atoms with van der Waals surface area (Å²) in [5.74, 6) is -0.266. The van der Waals surface area contributed by atoms with Gasteiger partial charge in [0, 0.05) is 31.9 Å². The van der Waals surface area contributed by atoms with Crippen LogP contribution in [0, 0.1) is 11.2 Å². The van der Waals surface area contributed by atoms with E-state index in [2.05, 4.69) is 4.90 Å². The van der Waals surface area contributed by atoms with E-state index in [1.807, 2.05) is 25.7 Å². The minimum atomic E-state index is -0.469. The molecule has 2 fully saturated rings. The third-order valence-electron chi connectivity index (χ3n) is 5.23. The quantitative estimate of drug-likeness (QED) is 0.787. The number of carbonyl (C=O) groups is 1. The van der Waals surface area contributed by atoms with Gasteiger partial charge >= 0.3 is 6.09 Å². The third kappa shape index (κ3) is 3.99. The Bertz CT molecular complexity index is 649. The van der Waals surface area contributed by atoms with Gasteiger partial charge in [-0.05, 0) is 63.6 Å². The zero-order valence-corrected chi connectivity index (χ0v) is 15.3. The van der Waals surface area contributed by atoms with Crippen molar-refractivity contribution in [3.63, 3.8) is 0 Å². The molecule has 0 atom stereocenters. The molecule has 2 heterocycles. The maximum absolute atomic E-state index is 14.1. The first-order valence-electron chi connectivity index (χ1n) is 8.95. The summed E-state index contributed by atoms with van der Waals surface area (Å²) in [4.78, 5) is 16.2. The standard InChI is InChI=1S/C19H28FN3O2/c1-18(2,3)25-17(24)23-11-8-19(13-23)6-9-22(10-7-19)16-5-4-14(21)12-15(16)20/h4-5,12H,6-11,13,21H2,1-3H3. The van der Waals surface area contributed by atoms with Gasteiger partial charge in [-0.1, -0.05) is 0 Å². The highest BCUT2D eigenvalue weighted by Crippen LogP contribution is 2.42. The van der Waals surface area contributed by atoms with Crippen molar-refractivity contribution in [1.29, 1.82) is 0 Å². The Hall–Kier alpha value is -1.98. The van der Waals surface area contributed by atoms with Gasteiger partial charge in [-0.3, -0.25) is 0 Å². The molecule has 1 aromatic rings. The monoisotopic (exact) mass is 349 g/mol. The fourth-order valence-electron chi connectivity index (χ4n) is 3.83. The highest BCUT2D eigenvalue weighted by molar-refractivity contribution is 5.68. The SMILES string of the molecule is CC(C)(C)OC(=O)N1CCC2(CCN(c3ccc(N)cc3F)CC2)C1. The number of anilines is 2. The zero-order chi connectivity index (χ0) is 18.2. The van der Waals surface area contributed by atoms with Crippen LogP contribution in [0.15, 0.2) is 18.2 Å². The summed E-state index contributed by atoms with van der Waals surface area (Å²) in [5.41, 5.74) is 6.36. The fraction of sp³-hybridized carbons (Fsp3) is 0.632. The highest BCUT2D eigenvalue weighted by atomic mass is 19.1. The first-order valence-corrected chi connectivity index (χ1v) is 8.95. The number of likely N-dealkylation sites (tertiary alicyclic amines) is 1. The molecular weight excluding hydrogens is 321 g/mol. The van der Waals surface area contributed by atoms with Crippen LogP contribution in [-0.2, 0) is 4.74 Å². The van der Waals surface area contributed by atoms with Gasteiger partial charge in [-0.2, -0.15) is 0 Å². The van der Waals surface area contributed by atoms with E-state index in [4.69, 9.17) is 10.5 Å². The molecule has 2 N–H and O–H groups in total. The van der Waals surface area contributed by atoms with E-state index in [-0.39, 0.29) is 17.3 Å². The van der Waals surface area contributed by atoms with Gasteiger partial charge < -0.3 is 20.3 Å². The van der Waals surface area contributed by atoms with E-state index in [0.29, 0.717) is 11.4 Å². The molecule has 138 valence electrons. The van der Waals surface area contributed by atoms with E-state index < -0.39 is 5.60 Å². The number of ether oxygens (including phenoxy) is 1. The number of halogens is 1. The molecule has 6 heteroatoms. The molecule has 1 spiro atoms. The van der Waals surface area contributed by atoms with Crippen molar-refractivity contribution in [2.75, 3.05) is 36.8 Å². The fourth-order valence-corrected chi connectivity index (χ4v) is 3.83. The summed E-state index contributed by atoms with van der Waals surface area (Å²) in [6, 6.07) is 4.87. The van der Waals surface area contributed by atoms with E-state index in [1.54, 1.807) is 12.1 Å². The number of nitrogen functional groups attached to an aromatic ring is 1. The number of piperidine rings is 1. The molecule has 0 aromatic heterocycles. The van der Waals surface area contributed by atoms with Gasteiger partial charge in [0.05, 0.1) is 5.69 Å². The lowest BCUT2D eigenvalue weighted by molar-refractivity contribution is 0.0266. The Balaban J connectivity index is 1.60. The minimum Gasteiger partial charge on any atom is -0.444 e. The van der Waals surface area contributed by atoms with E-state index in [1.165, 1.54) is 6.07 Å². The molecule has 1 aromatic carbocycles. The Kier molecular flexibility index (Phi) is 4.56. The van der Waals surface area contributed by atoms with Crippen molar-refractivity contribution in [1.82, 2.24) is 4.90 Å². The summed E-state index contributed by atoms with van der Waals surface area (Å²) < 4.78 is 19.6. The van der Waals surface area contributed by atoms with Crippen LogP contribution in [0.2, 0.25) is 0 Å². The Morgan fingerprint density at radius 3 is 2.44 bits per heavy atom. The predicted octanol–water partition coefficient (Wildman–Crippen LogP) is 3.64. The number of hydrogen-bond donors (Lipinski definition) is 1. The predicted molar refractivity (Wildman–Crippen MR) is 97.1 cm³/mol. The van der Waals surface area contributed by atoms with Crippen LogP contribution >= 0.6 is 0 Å². The number of nitrogens with zero attached hydrogens (tertiary/aromatic N) is 2. The van der Waals surface area contributed by atoms with Crippen molar-refractivity contribution >= 4 is 17.5 Å². The maximum atomic E-state index is 14.1. The molecule has 2 saturated heterocycles. The van der Waals surface area contributed by atoms with Gasteiger partial charge in [0.25, 0.3) is 0 Å². The van der Waals surface area contributed by atoms with Crippen molar-refractivity contribution in [3.8, 4) is 0 Å². The van der Waals surface area contributed by atoms with E-state index in [9.17, 15) is 9.18 Å².